The zero-order valence-electron chi connectivity index (χ0n) is 18.0. The van der Waals surface area contributed by atoms with E-state index in [0.717, 1.165) is 17.5 Å². The second-order valence-electron chi connectivity index (χ2n) is 8.39. The van der Waals surface area contributed by atoms with Gasteiger partial charge in [-0.05, 0) is 43.9 Å². The standard InChI is InChI=1S/C23H29ClF3N3O/c1-15-8-9-18(24)14-19(15)21-29-20(22(31)28-12-11-23(25,26)27)16(2)30(21)13-10-17-6-4-3-5-7-17/h8-9,14,17H,3-7,10-13H2,1-2H3,(H,28,31). The fourth-order valence-corrected chi connectivity index (χ4v) is 4.42. The normalized spacial score (nSPS) is 15.3. The average molecular weight is 456 g/mol. The van der Waals surface area contributed by atoms with Crippen LogP contribution in [0.25, 0.3) is 11.4 Å². The molecule has 4 nitrogen and oxygen atoms in total. The molecule has 0 atom stereocenters. The summed E-state index contributed by atoms with van der Waals surface area (Å²) in [6, 6.07) is 5.52. The Morgan fingerprint density at radius 3 is 2.61 bits per heavy atom. The van der Waals surface area contributed by atoms with Crippen molar-refractivity contribution < 1.29 is 18.0 Å². The van der Waals surface area contributed by atoms with Crippen molar-refractivity contribution in [3.05, 3.63) is 40.2 Å². The highest BCUT2D eigenvalue weighted by Crippen LogP contribution is 2.31. The zero-order chi connectivity index (χ0) is 22.6. The molecule has 0 bridgehead atoms. The zero-order valence-corrected chi connectivity index (χ0v) is 18.7. The van der Waals surface area contributed by atoms with E-state index < -0.39 is 25.0 Å². The predicted molar refractivity (Wildman–Crippen MR) is 116 cm³/mol. The molecule has 1 aromatic carbocycles. The molecule has 0 saturated heterocycles. The highest BCUT2D eigenvalue weighted by molar-refractivity contribution is 6.30. The fourth-order valence-electron chi connectivity index (χ4n) is 4.25. The van der Waals surface area contributed by atoms with Gasteiger partial charge in [-0.2, -0.15) is 13.2 Å². The summed E-state index contributed by atoms with van der Waals surface area (Å²) in [6.45, 7) is 3.99. The summed E-state index contributed by atoms with van der Waals surface area (Å²) >= 11 is 6.22. The molecule has 0 spiro atoms. The minimum atomic E-state index is -4.31. The van der Waals surface area contributed by atoms with Gasteiger partial charge in [0.1, 0.15) is 11.5 Å². The quantitative estimate of drug-likeness (QED) is 0.519. The smallest absolute Gasteiger partial charge is 0.350 e. The lowest BCUT2D eigenvalue weighted by Crippen LogP contribution is -2.28. The van der Waals surface area contributed by atoms with E-state index in [0.29, 0.717) is 29.0 Å². The van der Waals surface area contributed by atoms with Gasteiger partial charge in [0.15, 0.2) is 0 Å². The SMILES string of the molecule is Cc1ccc(Cl)cc1-c1nc(C(=O)NCCC(F)(F)F)c(C)n1CCC1CCCCC1. The number of halogens is 4. The molecule has 0 unspecified atom stereocenters. The van der Waals surface area contributed by atoms with Crippen LogP contribution in [-0.2, 0) is 6.54 Å². The molecule has 1 aromatic heterocycles. The Labute approximate surface area is 186 Å². The van der Waals surface area contributed by atoms with Crippen molar-refractivity contribution in [1.82, 2.24) is 14.9 Å². The molecule has 1 heterocycles. The third kappa shape index (κ3) is 6.25. The van der Waals surface area contributed by atoms with Crippen molar-refractivity contribution in [2.24, 2.45) is 5.92 Å². The van der Waals surface area contributed by atoms with E-state index in [2.05, 4.69) is 10.3 Å². The number of aryl methyl sites for hydroxylation is 1. The molecule has 1 saturated carbocycles. The molecule has 1 N–H and O–H groups in total. The summed E-state index contributed by atoms with van der Waals surface area (Å²) in [4.78, 5) is 17.2. The number of aromatic nitrogens is 2. The Hall–Kier alpha value is -2.02. The molecule has 31 heavy (non-hydrogen) atoms. The summed E-state index contributed by atoms with van der Waals surface area (Å²) < 4.78 is 39.4. The highest BCUT2D eigenvalue weighted by Gasteiger charge is 2.28. The topological polar surface area (TPSA) is 46.9 Å². The van der Waals surface area contributed by atoms with Gasteiger partial charge in [0.05, 0.1) is 6.42 Å². The number of hydrogen-bond acceptors (Lipinski definition) is 2. The summed E-state index contributed by atoms with van der Waals surface area (Å²) in [5.41, 5.74) is 2.63. The van der Waals surface area contributed by atoms with Crippen molar-refractivity contribution in [3.63, 3.8) is 0 Å². The monoisotopic (exact) mass is 455 g/mol. The number of hydrogen-bond donors (Lipinski definition) is 1. The molecule has 1 amide bonds. The van der Waals surface area contributed by atoms with Crippen LogP contribution in [-0.4, -0.2) is 28.2 Å². The first-order valence-electron chi connectivity index (χ1n) is 10.8. The minimum absolute atomic E-state index is 0.167. The van der Waals surface area contributed by atoms with Gasteiger partial charge in [0.2, 0.25) is 0 Å². The molecule has 8 heteroatoms. The second kappa shape index (κ2) is 10.1. The summed E-state index contributed by atoms with van der Waals surface area (Å²) in [5, 5.41) is 2.92. The fraction of sp³-hybridized carbons (Fsp3) is 0.565. The third-order valence-corrected chi connectivity index (χ3v) is 6.29. The number of carbonyl (C=O) groups excluding carboxylic acids is 1. The van der Waals surface area contributed by atoms with E-state index in [4.69, 9.17) is 11.6 Å². The van der Waals surface area contributed by atoms with E-state index in [1.807, 2.05) is 23.6 Å². The van der Waals surface area contributed by atoms with Crippen molar-refractivity contribution in [3.8, 4) is 11.4 Å². The lowest BCUT2D eigenvalue weighted by atomic mass is 9.87. The number of alkyl halides is 3. The van der Waals surface area contributed by atoms with Crippen LogP contribution in [0.4, 0.5) is 13.2 Å². The van der Waals surface area contributed by atoms with Crippen LogP contribution in [0.3, 0.4) is 0 Å². The molecule has 1 aliphatic rings. The number of nitrogens with zero attached hydrogens (tertiary/aromatic N) is 2. The Bertz CT molecular complexity index is 918. The number of amides is 1. The van der Waals surface area contributed by atoms with Crippen LogP contribution in [0.5, 0.6) is 0 Å². The Morgan fingerprint density at radius 1 is 1.23 bits per heavy atom. The van der Waals surface area contributed by atoms with Crippen molar-refractivity contribution in [1.29, 1.82) is 0 Å². The van der Waals surface area contributed by atoms with Crippen molar-refractivity contribution in [2.75, 3.05) is 6.54 Å². The van der Waals surface area contributed by atoms with E-state index >= 15 is 0 Å². The van der Waals surface area contributed by atoms with Gasteiger partial charge >= 0.3 is 6.18 Å². The van der Waals surface area contributed by atoms with Gasteiger partial charge < -0.3 is 9.88 Å². The first kappa shape index (κ1) is 23.6. The Morgan fingerprint density at radius 2 is 1.94 bits per heavy atom. The molecule has 1 aliphatic carbocycles. The van der Waals surface area contributed by atoms with Crippen LogP contribution >= 0.6 is 11.6 Å². The molecule has 170 valence electrons. The number of carbonyl (C=O) groups is 1. The molecule has 0 aliphatic heterocycles. The molecule has 3 rings (SSSR count). The van der Waals surface area contributed by atoms with E-state index in [1.54, 1.807) is 13.0 Å². The second-order valence-corrected chi connectivity index (χ2v) is 8.83. The summed E-state index contributed by atoms with van der Waals surface area (Å²) in [6.07, 6.45) is 1.81. The molecule has 0 radical (unpaired) electrons. The number of imidazole rings is 1. The predicted octanol–water partition coefficient (Wildman–Crippen LogP) is 6.47. The van der Waals surface area contributed by atoms with E-state index in [1.165, 1.54) is 32.1 Å². The third-order valence-electron chi connectivity index (χ3n) is 6.06. The van der Waals surface area contributed by atoms with Gasteiger partial charge in [0.25, 0.3) is 5.91 Å². The Kier molecular flexibility index (Phi) is 7.68. The van der Waals surface area contributed by atoms with Crippen LogP contribution in [0.2, 0.25) is 5.02 Å². The van der Waals surface area contributed by atoms with Gasteiger partial charge in [-0.3, -0.25) is 4.79 Å². The van der Waals surface area contributed by atoms with Crippen LogP contribution in [0, 0.1) is 19.8 Å². The molecule has 2 aromatic rings. The molecular weight excluding hydrogens is 427 g/mol. The van der Waals surface area contributed by atoms with Crippen LogP contribution < -0.4 is 5.32 Å². The maximum absolute atomic E-state index is 12.6. The minimum Gasteiger partial charge on any atom is -0.350 e. The average Bonchev–Trinajstić information content (AvgIpc) is 3.04. The number of benzene rings is 1. The number of rotatable bonds is 7. The molecule has 1 fully saturated rings. The van der Waals surface area contributed by atoms with E-state index in [-0.39, 0.29) is 5.69 Å². The highest BCUT2D eigenvalue weighted by atomic mass is 35.5. The Balaban J connectivity index is 1.88. The first-order valence-corrected chi connectivity index (χ1v) is 11.2. The maximum atomic E-state index is 12.6. The van der Waals surface area contributed by atoms with Gasteiger partial charge in [-0.25, -0.2) is 4.98 Å². The van der Waals surface area contributed by atoms with Gasteiger partial charge in [0, 0.05) is 29.4 Å². The number of nitrogens with one attached hydrogen (secondary N) is 1. The van der Waals surface area contributed by atoms with Crippen LogP contribution in [0.1, 0.15) is 66.7 Å². The van der Waals surface area contributed by atoms with Crippen molar-refractivity contribution in [2.45, 2.75) is 71.5 Å². The van der Waals surface area contributed by atoms with Gasteiger partial charge in [-0.1, -0.05) is 49.8 Å². The lowest BCUT2D eigenvalue weighted by molar-refractivity contribution is -0.132. The van der Waals surface area contributed by atoms with Crippen LogP contribution in [0.15, 0.2) is 18.2 Å². The van der Waals surface area contributed by atoms with E-state index in [9.17, 15) is 18.0 Å². The largest absolute Gasteiger partial charge is 0.390 e. The summed E-state index contributed by atoms with van der Waals surface area (Å²) in [5.74, 6) is 0.696. The lowest BCUT2D eigenvalue weighted by Gasteiger charge is -2.22. The van der Waals surface area contributed by atoms with Crippen molar-refractivity contribution >= 4 is 17.5 Å². The van der Waals surface area contributed by atoms with Gasteiger partial charge in [-0.15, -0.1) is 0 Å². The molecular formula is C23H29ClF3N3O. The first-order chi connectivity index (χ1) is 14.7. The summed E-state index contributed by atoms with van der Waals surface area (Å²) in [7, 11) is 0. The maximum Gasteiger partial charge on any atom is 0.390 e.